The maximum absolute atomic E-state index is 13.2. The van der Waals surface area contributed by atoms with Gasteiger partial charge in [0.2, 0.25) is 0 Å². The van der Waals surface area contributed by atoms with E-state index in [9.17, 15) is 12.8 Å². The zero-order chi connectivity index (χ0) is 14.8. The third-order valence-corrected chi connectivity index (χ3v) is 4.02. The van der Waals surface area contributed by atoms with Crippen molar-refractivity contribution in [2.45, 2.75) is 11.8 Å². The second-order valence-electron chi connectivity index (χ2n) is 4.23. The van der Waals surface area contributed by atoms with Gasteiger partial charge in [0.25, 0.3) is 10.0 Å². The van der Waals surface area contributed by atoms with Crippen LogP contribution in [0.4, 0.5) is 10.1 Å². The fraction of sp³-hybridized carbons (Fsp3) is 0.0714. The Morgan fingerprint density at radius 2 is 1.95 bits per heavy atom. The van der Waals surface area contributed by atoms with Gasteiger partial charge in [0, 0.05) is 5.69 Å². The quantitative estimate of drug-likeness (QED) is 0.945. The molecule has 0 amide bonds. The molecule has 0 aliphatic rings. The number of hydrogen-bond donors (Lipinski definition) is 1. The average Bonchev–Trinajstić information content (AvgIpc) is 2.38. The van der Waals surface area contributed by atoms with Crippen LogP contribution in [0.1, 0.15) is 11.1 Å². The number of aryl methyl sites for hydroxylation is 1. The van der Waals surface area contributed by atoms with Gasteiger partial charge >= 0.3 is 0 Å². The topological polar surface area (TPSA) is 70.0 Å². The number of nitrogens with one attached hydrogen (secondary N) is 1. The highest BCUT2D eigenvalue weighted by Crippen LogP contribution is 2.19. The van der Waals surface area contributed by atoms with Crippen LogP contribution in [0.2, 0.25) is 0 Å². The molecule has 20 heavy (non-hydrogen) atoms. The smallest absolute Gasteiger partial charge is 0.261 e. The van der Waals surface area contributed by atoms with Crippen LogP contribution in [-0.4, -0.2) is 8.42 Å². The summed E-state index contributed by atoms with van der Waals surface area (Å²) in [6.45, 7) is 1.84. The zero-order valence-electron chi connectivity index (χ0n) is 10.6. The van der Waals surface area contributed by atoms with Crippen LogP contribution in [0.5, 0.6) is 0 Å². The Bertz CT molecular complexity index is 795. The second kappa shape index (κ2) is 5.31. The number of nitrogens with zero attached hydrogens (tertiary/aromatic N) is 1. The molecule has 0 heterocycles. The maximum Gasteiger partial charge on any atom is 0.261 e. The lowest BCUT2D eigenvalue weighted by Gasteiger charge is -2.09. The molecule has 0 radical (unpaired) electrons. The van der Waals surface area contributed by atoms with Crippen molar-refractivity contribution in [3.05, 3.63) is 59.4 Å². The van der Waals surface area contributed by atoms with Gasteiger partial charge in [-0.05, 0) is 42.8 Å². The largest absolute Gasteiger partial charge is 0.280 e. The fourth-order valence-corrected chi connectivity index (χ4v) is 2.76. The fourth-order valence-electron chi connectivity index (χ4n) is 1.68. The van der Waals surface area contributed by atoms with E-state index >= 15 is 0 Å². The van der Waals surface area contributed by atoms with Crippen molar-refractivity contribution >= 4 is 15.7 Å². The van der Waals surface area contributed by atoms with Crippen LogP contribution >= 0.6 is 0 Å². The van der Waals surface area contributed by atoms with Crippen LogP contribution in [0.3, 0.4) is 0 Å². The molecule has 0 saturated carbocycles. The first-order valence-electron chi connectivity index (χ1n) is 5.71. The minimum absolute atomic E-state index is 0.156. The maximum atomic E-state index is 13.2. The van der Waals surface area contributed by atoms with Gasteiger partial charge < -0.3 is 0 Å². The molecule has 0 atom stereocenters. The molecule has 0 unspecified atom stereocenters. The van der Waals surface area contributed by atoms with Crippen molar-refractivity contribution in [2.24, 2.45) is 0 Å². The summed E-state index contributed by atoms with van der Waals surface area (Å²) < 4.78 is 39.9. The molecule has 2 rings (SSSR count). The minimum atomic E-state index is -3.85. The van der Waals surface area contributed by atoms with E-state index in [0.717, 1.165) is 23.8 Å². The third kappa shape index (κ3) is 2.95. The summed E-state index contributed by atoms with van der Waals surface area (Å²) in [7, 11) is -3.85. The first kappa shape index (κ1) is 14.0. The first-order valence-corrected chi connectivity index (χ1v) is 7.20. The molecule has 0 aromatic heterocycles. The lowest BCUT2D eigenvalue weighted by Crippen LogP contribution is -2.13. The second-order valence-corrected chi connectivity index (χ2v) is 5.91. The Morgan fingerprint density at radius 1 is 1.20 bits per heavy atom. The number of nitriles is 1. The molecule has 6 heteroatoms. The van der Waals surface area contributed by atoms with E-state index in [0.29, 0.717) is 5.69 Å². The summed E-state index contributed by atoms with van der Waals surface area (Å²) in [4.78, 5) is -0.156. The van der Waals surface area contributed by atoms with Crippen LogP contribution in [0.25, 0.3) is 0 Å². The molecule has 0 bridgehead atoms. The molecule has 1 N–H and O–H groups in total. The molecule has 0 saturated heterocycles. The predicted octanol–water partition coefficient (Wildman–Crippen LogP) is 2.81. The van der Waals surface area contributed by atoms with Crippen molar-refractivity contribution in [3.8, 4) is 6.07 Å². The van der Waals surface area contributed by atoms with Gasteiger partial charge in [0.05, 0.1) is 10.5 Å². The Labute approximate surface area is 116 Å². The van der Waals surface area contributed by atoms with Gasteiger partial charge in [-0.15, -0.1) is 0 Å². The molecule has 0 fully saturated rings. The van der Waals surface area contributed by atoms with Crippen LogP contribution in [0.15, 0.2) is 47.4 Å². The number of halogens is 1. The Hall–Kier alpha value is -2.39. The number of benzene rings is 2. The number of rotatable bonds is 3. The monoisotopic (exact) mass is 290 g/mol. The van der Waals surface area contributed by atoms with Gasteiger partial charge in [-0.1, -0.05) is 12.1 Å². The van der Waals surface area contributed by atoms with E-state index in [-0.39, 0.29) is 10.5 Å². The molecule has 2 aromatic carbocycles. The van der Waals surface area contributed by atoms with Gasteiger partial charge in [-0.25, -0.2) is 12.8 Å². The molecular weight excluding hydrogens is 279 g/mol. The lowest BCUT2D eigenvalue weighted by atomic mass is 10.2. The molecule has 0 aliphatic heterocycles. The van der Waals surface area contributed by atoms with Gasteiger partial charge in [-0.3, -0.25) is 4.72 Å². The van der Waals surface area contributed by atoms with E-state index in [1.807, 2.05) is 13.0 Å². The van der Waals surface area contributed by atoms with Crippen molar-refractivity contribution in [1.29, 1.82) is 5.26 Å². The summed E-state index contributed by atoms with van der Waals surface area (Å²) in [5.41, 5.74) is 1.01. The molecule has 0 spiro atoms. The summed E-state index contributed by atoms with van der Waals surface area (Å²) in [6, 6.07) is 11.5. The summed E-state index contributed by atoms with van der Waals surface area (Å²) in [6.07, 6.45) is 0. The number of anilines is 1. The van der Waals surface area contributed by atoms with Crippen LogP contribution < -0.4 is 4.72 Å². The van der Waals surface area contributed by atoms with E-state index < -0.39 is 15.8 Å². The van der Waals surface area contributed by atoms with E-state index in [1.54, 1.807) is 24.3 Å². The van der Waals surface area contributed by atoms with Gasteiger partial charge in [-0.2, -0.15) is 5.26 Å². The SMILES string of the molecule is Cc1cccc(NS(=O)(=O)c2ccc(F)c(C#N)c2)c1. The first-order chi connectivity index (χ1) is 9.42. The Balaban J connectivity index is 2.39. The number of sulfonamides is 1. The van der Waals surface area contributed by atoms with Crippen LogP contribution in [-0.2, 0) is 10.0 Å². The van der Waals surface area contributed by atoms with Crippen LogP contribution in [0, 0.1) is 24.1 Å². The zero-order valence-corrected chi connectivity index (χ0v) is 11.4. The highest BCUT2D eigenvalue weighted by molar-refractivity contribution is 7.92. The van der Waals surface area contributed by atoms with Gasteiger partial charge in [0.1, 0.15) is 11.9 Å². The van der Waals surface area contributed by atoms with Crippen molar-refractivity contribution < 1.29 is 12.8 Å². The van der Waals surface area contributed by atoms with E-state index in [2.05, 4.69) is 4.72 Å². The molecule has 0 aliphatic carbocycles. The standard InChI is InChI=1S/C14H11FN2O2S/c1-10-3-2-4-12(7-10)17-20(18,19)13-5-6-14(15)11(8-13)9-16/h2-8,17H,1H3. The summed E-state index contributed by atoms with van der Waals surface area (Å²) in [5.74, 6) is -0.748. The summed E-state index contributed by atoms with van der Waals surface area (Å²) in [5, 5.41) is 8.73. The highest BCUT2D eigenvalue weighted by Gasteiger charge is 2.16. The van der Waals surface area contributed by atoms with E-state index in [1.165, 1.54) is 0 Å². The van der Waals surface area contributed by atoms with Gasteiger partial charge in [0.15, 0.2) is 0 Å². The Kier molecular flexibility index (Phi) is 3.72. The van der Waals surface area contributed by atoms with Crippen molar-refractivity contribution in [3.63, 3.8) is 0 Å². The molecule has 102 valence electrons. The summed E-state index contributed by atoms with van der Waals surface area (Å²) >= 11 is 0. The predicted molar refractivity (Wildman–Crippen MR) is 73.1 cm³/mol. The lowest BCUT2D eigenvalue weighted by molar-refractivity contribution is 0.599. The normalized spacial score (nSPS) is 10.8. The average molecular weight is 290 g/mol. The minimum Gasteiger partial charge on any atom is -0.280 e. The van der Waals surface area contributed by atoms with Crippen molar-refractivity contribution in [1.82, 2.24) is 0 Å². The number of hydrogen-bond acceptors (Lipinski definition) is 3. The molecule has 4 nitrogen and oxygen atoms in total. The molecular formula is C14H11FN2O2S. The van der Waals surface area contributed by atoms with Crippen molar-refractivity contribution in [2.75, 3.05) is 4.72 Å². The van der Waals surface area contributed by atoms with E-state index in [4.69, 9.17) is 5.26 Å². The highest BCUT2D eigenvalue weighted by atomic mass is 32.2. The molecule has 2 aromatic rings. The Morgan fingerprint density at radius 3 is 2.60 bits per heavy atom. The third-order valence-electron chi connectivity index (χ3n) is 2.64.